The maximum absolute atomic E-state index is 9.54. The lowest BCUT2D eigenvalue weighted by atomic mass is 9.33. The first-order valence-corrected chi connectivity index (χ1v) is 6.71. The molecule has 4 aliphatic rings. The van der Waals surface area contributed by atoms with Gasteiger partial charge in [0.15, 0.2) is 0 Å². The molecule has 0 heterocycles. The van der Waals surface area contributed by atoms with E-state index in [2.05, 4.69) is 20.8 Å². The number of hydrogen-bond donors (Lipinski definition) is 1. The molecule has 0 radical (unpaired) electrons. The van der Waals surface area contributed by atoms with Crippen molar-refractivity contribution in [3.8, 4) is 0 Å². The van der Waals surface area contributed by atoms with E-state index in [9.17, 15) is 5.11 Å². The van der Waals surface area contributed by atoms with Crippen molar-refractivity contribution < 1.29 is 5.11 Å². The molecule has 90 valence electrons. The number of aliphatic hydroxyl groups is 1. The van der Waals surface area contributed by atoms with Crippen molar-refractivity contribution in [2.45, 2.75) is 59.3 Å². The Hall–Kier alpha value is -0.300. The highest BCUT2D eigenvalue weighted by molar-refractivity contribution is 5.37. The average Bonchev–Trinajstić information content (AvgIpc) is 2.10. The quantitative estimate of drug-likeness (QED) is 0.704. The van der Waals surface area contributed by atoms with Gasteiger partial charge in [0.1, 0.15) is 0 Å². The van der Waals surface area contributed by atoms with Crippen LogP contribution in [0.3, 0.4) is 0 Å². The maximum Gasteiger partial charge on any atom is 0.0644 e. The molecule has 1 nitrogen and oxygen atoms in total. The number of allylic oxidation sites excluding steroid dienone is 1. The smallest absolute Gasteiger partial charge is 0.0644 e. The summed E-state index contributed by atoms with van der Waals surface area (Å²) < 4.78 is 0. The van der Waals surface area contributed by atoms with E-state index in [-0.39, 0.29) is 0 Å². The minimum atomic E-state index is 0.309. The topological polar surface area (TPSA) is 20.2 Å². The molecular formula is C15H24O. The van der Waals surface area contributed by atoms with E-state index in [1.165, 1.54) is 37.7 Å². The zero-order valence-corrected chi connectivity index (χ0v) is 10.9. The standard InChI is InChI=1S/C15H24O/c1-13(2)5-4-11(7-16)12(6-13)15-8-14(3,9-15)10-15/h16H,4-10H2,1-3H3. The molecule has 0 aromatic rings. The van der Waals surface area contributed by atoms with Crippen molar-refractivity contribution in [1.29, 1.82) is 0 Å². The lowest BCUT2D eigenvalue weighted by molar-refractivity contribution is -0.167. The van der Waals surface area contributed by atoms with Gasteiger partial charge in [0.2, 0.25) is 0 Å². The molecule has 0 aromatic heterocycles. The van der Waals surface area contributed by atoms with Crippen molar-refractivity contribution in [3.05, 3.63) is 11.1 Å². The lowest BCUT2D eigenvalue weighted by Crippen LogP contribution is -2.61. The summed E-state index contributed by atoms with van der Waals surface area (Å²) in [6, 6.07) is 0. The van der Waals surface area contributed by atoms with Crippen molar-refractivity contribution >= 4 is 0 Å². The first kappa shape index (κ1) is 10.8. The minimum Gasteiger partial charge on any atom is -0.392 e. The minimum absolute atomic E-state index is 0.309. The number of hydrogen-bond acceptors (Lipinski definition) is 1. The van der Waals surface area contributed by atoms with Crippen LogP contribution in [0.2, 0.25) is 0 Å². The molecule has 2 bridgehead atoms. The Morgan fingerprint density at radius 1 is 1.12 bits per heavy atom. The summed E-state index contributed by atoms with van der Waals surface area (Å²) >= 11 is 0. The Bertz CT molecular complexity index is 342. The summed E-state index contributed by atoms with van der Waals surface area (Å²) in [6.45, 7) is 7.49. The van der Waals surface area contributed by atoms with E-state index >= 15 is 0 Å². The first-order chi connectivity index (χ1) is 7.38. The van der Waals surface area contributed by atoms with Gasteiger partial charge in [-0.3, -0.25) is 0 Å². The van der Waals surface area contributed by atoms with Crippen molar-refractivity contribution in [3.63, 3.8) is 0 Å². The molecule has 0 saturated heterocycles. The molecule has 1 N–H and O–H groups in total. The van der Waals surface area contributed by atoms with Crippen LogP contribution in [0.15, 0.2) is 11.1 Å². The van der Waals surface area contributed by atoms with Gasteiger partial charge in [-0.1, -0.05) is 26.3 Å². The number of rotatable bonds is 2. The second-order valence-electron chi connectivity index (χ2n) is 7.70. The highest BCUT2D eigenvalue weighted by Crippen LogP contribution is 2.77. The second-order valence-corrected chi connectivity index (χ2v) is 7.70. The Kier molecular flexibility index (Phi) is 1.98. The zero-order valence-electron chi connectivity index (χ0n) is 10.9. The van der Waals surface area contributed by atoms with Gasteiger partial charge >= 0.3 is 0 Å². The predicted octanol–water partition coefficient (Wildman–Crippen LogP) is 3.68. The van der Waals surface area contributed by atoms with Crippen LogP contribution in [0, 0.1) is 16.2 Å². The van der Waals surface area contributed by atoms with E-state index in [1.54, 1.807) is 5.57 Å². The highest BCUT2D eigenvalue weighted by atomic mass is 16.3. The fraction of sp³-hybridized carbons (Fsp3) is 0.867. The summed E-state index contributed by atoms with van der Waals surface area (Å²) in [4.78, 5) is 0. The Morgan fingerprint density at radius 2 is 1.75 bits per heavy atom. The van der Waals surface area contributed by atoms with E-state index < -0.39 is 0 Å². The number of aliphatic hydroxyl groups excluding tert-OH is 1. The van der Waals surface area contributed by atoms with Gasteiger partial charge in [-0.25, -0.2) is 0 Å². The molecule has 0 aromatic carbocycles. The molecular weight excluding hydrogens is 196 g/mol. The van der Waals surface area contributed by atoms with Gasteiger partial charge < -0.3 is 5.11 Å². The molecule has 4 aliphatic carbocycles. The van der Waals surface area contributed by atoms with Crippen LogP contribution in [0.1, 0.15) is 59.3 Å². The van der Waals surface area contributed by atoms with Crippen molar-refractivity contribution in [2.24, 2.45) is 16.2 Å². The third-order valence-electron chi connectivity index (χ3n) is 5.31. The monoisotopic (exact) mass is 220 g/mol. The molecule has 4 rings (SSSR count). The zero-order chi connectivity index (χ0) is 11.6. The van der Waals surface area contributed by atoms with Crippen LogP contribution in [0.25, 0.3) is 0 Å². The second kappa shape index (κ2) is 2.93. The Labute approximate surface area is 98.9 Å². The van der Waals surface area contributed by atoms with Crippen LogP contribution in [-0.4, -0.2) is 11.7 Å². The maximum atomic E-state index is 9.54. The van der Waals surface area contributed by atoms with Gasteiger partial charge in [0.05, 0.1) is 6.61 Å². The predicted molar refractivity (Wildman–Crippen MR) is 66.1 cm³/mol. The molecule has 3 saturated carbocycles. The SMILES string of the molecule is CC1(C)CCC(CO)=C(C23CC(C)(C2)C3)C1. The third-order valence-corrected chi connectivity index (χ3v) is 5.31. The van der Waals surface area contributed by atoms with Gasteiger partial charge in [0.25, 0.3) is 0 Å². The molecule has 1 heteroatoms. The summed E-state index contributed by atoms with van der Waals surface area (Å²) in [5.41, 5.74) is 4.74. The third kappa shape index (κ3) is 1.33. The molecule has 0 unspecified atom stereocenters. The van der Waals surface area contributed by atoms with E-state index in [1.807, 2.05) is 0 Å². The summed E-state index contributed by atoms with van der Waals surface area (Å²) in [5.74, 6) is 0. The fourth-order valence-electron chi connectivity index (χ4n) is 4.68. The van der Waals surface area contributed by atoms with E-state index in [4.69, 9.17) is 0 Å². The lowest BCUT2D eigenvalue weighted by Gasteiger charge is -2.72. The summed E-state index contributed by atoms with van der Waals surface area (Å²) in [5, 5.41) is 9.54. The van der Waals surface area contributed by atoms with Crippen LogP contribution < -0.4 is 0 Å². The Balaban J connectivity index is 1.88. The first-order valence-electron chi connectivity index (χ1n) is 6.71. The normalized spacial score (nSPS) is 45.0. The highest BCUT2D eigenvalue weighted by Gasteiger charge is 2.66. The van der Waals surface area contributed by atoms with Crippen LogP contribution in [-0.2, 0) is 0 Å². The van der Waals surface area contributed by atoms with Crippen molar-refractivity contribution in [2.75, 3.05) is 6.61 Å². The van der Waals surface area contributed by atoms with Crippen LogP contribution >= 0.6 is 0 Å². The summed E-state index contributed by atoms with van der Waals surface area (Å²) in [6.07, 6.45) is 7.81. The average molecular weight is 220 g/mol. The van der Waals surface area contributed by atoms with Crippen LogP contribution in [0.5, 0.6) is 0 Å². The summed E-state index contributed by atoms with van der Waals surface area (Å²) in [7, 11) is 0. The molecule has 0 aliphatic heterocycles. The molecule has 3 fully saturated rings. The van der Waals surface area contributed by atoms with Gasteiger partial charge in [-0.05, 0) is 60.3 Å². The molecule has 16 heavy (non-hydrogen) atoms. The van der Waals surface area contributed by atoms with Gasteiger partial charge in [0, 0.05) is 0 Å². The van der Waals surface area contributed by atoms with E-state index in [0.717, 1.165) is 6.42 Å². The van der Waals surface area contributed by atoms with Gasteiger partial charge in [-0.15, -0.1) is 0 Å². The van der Waals surface area contributed by atoms with Crippen LogP contribution in [0.4, 0.5) is 0 Å². The van der Waals surface area contributed by atoms with Gasteiger partial charge in [-0.2, -0.15) is 0 Å². The van der Waals surface area contributed by atoms with E-state index in [0.29, 0.717) is 22.9 Å². The van der Waals surface area contributed by atoms with Crippen molar-refractivity contribution in [1.82, 2.24) is 0 Å². The fourth-order valence-corrected chi connectivity index (χ4v) is 4.68. The largest absolute Gasteiger partial charge is 0.392 e. The molecule has 0 atom stereocenters. The molecule has 0 amide bonds. The molecule has 0 spiro atoms. The Morgan fingerprint density at radius 3 is 2.25 bits per heavy atom.